The van der Waals surface area contributed by atoms with E-state index in [4.69, 9.17) is 21.1 Å². The number of anilines is 1. The number of ether oxygens (including phenoxy) is 2. The Kier molecular flexibility index (Phi) is 6.26. The van der Waals surface area contributed by atoms with Gasteiger partial charge in [-0.05, 0) is 79.6 Å². The molecule has 29 heavy (non-hydrogen) atoms. The summed E-state index contributed by atoms with van der Waals surface area (Å²) < 4.78 is 11.3. The highest BCUT2D eigenvalue weighted by atomic mass is 35.5. The second-order valence-electron chi connectivity index (χ2n) is 7.76. The van der Waals surface area contributed by atoms with Crippen LogP contribution in [-0.2, 0) is 11.2 Å². The molecular weight excluding hydrogens is 388 g/mol. The lowest BCUT2D eigenvalue weighted by atomic mass is 10.0. The monoisotopic (exact) mass is 414 g/mol. The van der Waals surface area contributed by atoms with E-state index in [0.717, 1.165) is 48.1 Å². The average molecular weight is 415 g/mol. The van der Waals surface area contributed by atoms with E-state index in [1.165, 1.54) is 17.5 Å². The number of carbonyl (C=O) groups excluding carboxylic acids is 1. The van der Waals surface area contributed by atoms with E-state index in [1.807, 2.05) is 36.4 Å². The Hall–Kier alpha value is -2.24. The summed E-state index contributed by atoms with van der Waals surface area (Å²) in [7, 11) is 1.71. The molecule has 2 N–H and O–H groups in total. The van der Waals surface area contributed by atoms with E-state index in [0.29, 0.717) is 24.9 Å². The summed E-state index contributed by atoms with van der Waals surface area (Å²) in [5, 5.41) is 7.20. The van der Waals surface area contributed by atoms with Crippen LogP contribution in [0.3, 0.4) is 0 Å². The van der Waals surface area contributed by atoms with Crippen LogP contribution in [0.15, 0.2) is 36.4 Å². The number of halogens is 1. The number of fused-ring (bicyclic) bond motifs is 1. The minimum atomic E-state index is 0.0765. The van der Waals surface area contributed by atoms with Crippen molar-refractivity contribution >= 4 is 23.2 Å². The highest BCUT2D eigenvalue weighted by molar-refractivity contribution is 6.30. The normalized spacial score (nSPS) is 20.0. The molecule has 2 aromatic carbocycles. The van der Waals surface area contributed by atoms with Crippen molar-refractivity contribution in [2.24, 2.45) is 5.92 Å². The molecule has 0 unspecified atom stereocenters. The third-order valence-corrected chi connectivity index (χ3v) is 5.90. The fourth-order valence-corrected chi connectivity index (χ4v) is 4.14. The maximum absolute atomic E-state index is 11.5. The summed E-state index contributed by atoms with van der Waals surface area (Å²) >= 11 is 6.15. The van der Waals surface area contributed by atoms with Crippen LogP contribution >= 0.6 is 11.6 Å². The fraction of sp³-hybridized carbons (Fsp3) is 0.435. The molecule has 0 radical (unpaired) electrons. The molecule has 2 aliphatic rings. The first-order valence-corrected chi connectivity index (χ1v) is 10.6. The van der Waals surface area contributed by atoms with Crippen LogP contribution in [-0.4, -0.2) is 32.7 Å². The van der Waals surface area contributed by atoms with Gasteiger partial charge in [-0.15, -0.1) is 0 Å². The highest BCUT2D eigenvalue weighted by Crippen LogP contribution is 2.50. The van der Waals surface area contributed by atoms with Crippen molar-refractivity contribution < 1.29 is 14.3 Å². The van der Waals surface area contributed by atoms with Crippen molar-refractivity contribution in [3.63, 3.8) is 0 Å². The molecule has 2 aromatic rings. The van der Waals surface area contributed by atoms with Gasteiger partial charge in [-0.2, -0.15) is 0 Å². The predicted molar refractivity (Wildman–Crippen MR) is 115 cm³/mol. The zero-order chi connectivity index (χ0) is 20.2. The molecule has 0 aromatic heterocycles. The van der Waals surface area contributed by atoms with Crippen molar-refractivity contribution in [1.29, 1.82) is 0 Å². The summed E-state index contributed by atoms with van der Waals surface area (Å²) in [5.41, 5.74) is 3.27. The molecule has 1 amide bonds. The third kappa shape index (κ3) is 5.03. The lowest BCUT2D eigenvalue weighted by Gasteiger charge is -2.17. The van der Waals surface area contributed by atoms with Gasteiger partial charge in [0.15, 0.2) is 0 Å². The van der Waals surface area contributed by atoms with Gasteiger partial charge in [-0.3, -0.25) is 4.79 Å². The summed E-state index contributed by atoms with van der Waals surface area (Å²) in [4.78, 5) is 11.5. The number of nitrogens with one attached hydrogen (secondary N) is 2. The van der Waals surface area contributed by atoms with Crippen LogP contribution in [0.4, 0.5) is 5.69 Å². The van der Waals surface area contributed by atoms with E-state index >= 15 is 0 Å². The molecule has 0 spiro atoms. The van der Waals surface area contributed by atoms with Gasteiger partial charge in [0.05, 0.1) is 13.7 Å². The van der Waals surface area contributed by atoms with Gasteiger partial charge in [-0.25, -0.2) is 0 Å². The Morgan fingerprint density at radius 2 is 2.10 bits per heavy atom. The largest absolute Gasteiger partial charge is 0.496 e. The molecule has 4 rings (SSSR count). The maximum atomic E-state index is 11.5. The quantitative estimate of drug-likeness (QED) is 0.597. The maximum Gasteiger partial charge on any atom is 0.224 e. The molecular formula is C23H27ClN2O3. The number of amides is 1. The summed E-state index contributed by atoms with van der Waals surface area (Å²) in [5.74, 6) is 2.97. The molecule has 6 heteroatoms. The number of benzene rings is 2. The molecule has 2 atom stereocenters. The Labute approximate surface area is 176 Å². The second kappa shape index (κ2) is 9.06. The molecule has 1 heterocycles. The molecule has 0 saturated heterocycles. The first-order valence-electron chi connectivity index (χ1n) is 10.2. The SMILES string of the molecule is COc1ccc(Cl)cc1[C@@H]1C[C@H]1CNCCCOc1ccc2c(c1)NC(=O)CC2. The van der Waals surface area contributed by atoms with Crippen molar-refractivity contribution in [3.8, 4) is 11.5 Å². The molecule has 1 fully saturated rings. The Morgan fingerprint density at radius 1 is 1.21 bits per heavy atom. The van der Waals surface area contributed by atoms with Crippen LogP contribution in [0, 0.1) is 5.92 Å². The van der Waals surface area contributed by atoms with E-state index in [2.05, 4.69) is 10.6 Å². The van der Waals surface area contributed by atoms with Crippen molar-refractivity contribution in [2.45, 2.75) is 31.6 Å². The van der Waals surface area contributed by atoms with E-state index in [-0.39, 0.29) is 5.91 Å². The van der Waals surface area contributed by atoms with Crippen LogP contribution in [0.2, 0.25) is 5.02 Å². The molecule has 5 nitrogen and oxygen atoms in total. The van der Waals surface area contributed by atoms with Crippen LogP contribution < -0.4 is 20.1 Å². The van der Waals surface area contributed by atoms with Gasteiger partial charge in [0.1, 0.15) is 11.5 Å². The van der Waals surface area contributed by atoms with Gasteiger partial charge < -0.3 is 20.1 Å². The molecule has 154 valence electrons. The topological polar surface area (TPSA) is 59.6 Å². The first kappa shape index (κ1) is 20.0. The third-order valence-electron chi connectivity index (χ3n) is 5.66. The average Bonchev–Trinajstić information content (AvgIpc) is 3.49. The van der Waals surface area contributed by atoms with Crippen LogP contribution in [0.25, 0.3) is 0 Å². The summed E-state index contributed by atoms with van der Waals surface area (Å²) in [6, 6.07) is 11.8. The lowest BCUT2D eigenvalue weighted by Crippen LogP contribution is -2.20. The molecule has 1 aliphatic heterocycles. The number of rotatable bonds is 9. The number of hydrogen-bond donors (Lipinski definition) is 2. The van der Waals surface area contributed by atoms with Gasteiger partial charge in [0, 0.05) is 23.2 Å². The van der Waals surface area contributed by atoms with Crippen LogP contribution in [0.1, 0.15) is 36.3 Å². The van der Waals surface area contributed by atoms with Crippen LogP contribution in [0.5, 0.6) is 11.5 Å². The fourth-order valence-electron chi connectivity index (χ4n) is 3.96. The van der Waals surface area contributed by atoms with Crippen molar-refractivity contribution in [2.75, 3.05) is 32.1 Å². The summed E-state index contributed by atoms with van der Waals surface area (Å²) in [6.07, 6.45) is 3.46. The van der Waals surface area contributed by atoms with Gasteiger partial charge >= 0.3 is 0 Å². The van der Waals surface area contributed by atoms with E-state index in [1.54, 1.807) is 7.11 Å². The van der Waals surface area contributed by atoms with Crippen molar-refractivity contribution in [3.05, 3.63) is 52.5 Å². The number of hydrogen-bond acceptors (Lipinski definition) is 4. The Balaban J connectivity index is 1.15. The lowest BCUT2D eigenvalue weighted by molar-refractivity contribution is -0.116. The molecule has 0 bridgehead atoms. The second-order valence-corrected chi connectivity index (χ2v) is 8.20. The van der Waals surface area contributed by atoms with Crippen molar-refractivity contribution in [1.82, 2.24) is 5.32 Å². The van der Waals surface area contributed by atoms with E-state index in [9.17, 15) is 4.79 Å². The van der Waals surface area contributed by atoms with Gasteiger partial charge in [0.25, 0.3) is 0 Å². The standard InChI is InChI=1S/C23H27ClN2O3/c1-28-22-7-5-17(24)12-20(22)19-11-16(19)14-25-9-2-10-29-18-6-3-15-4-8-23(27)26-21(15)13-18/h3,5-7,12-13,16,19,25H,2,4,8-11,14H2,1H3,(H,26,27)/t16-,19+/m0/s1. The number of carbonyl (C=O) groups is 1. The Morgan fingerprint density at radius 3 is 2.97 bits per heavy atom. The summed E-state index contributed by atoms with van der Waals surface area (Å²) in [6.45, 7) is 2.55. The minimum absolute atomic E-state index is 0.0765. The zero-order valence-electron chi connectivity index (χ0n) is 16.7. The zero-order valence-corrected chi connectivity index (χ0v) is 17.4. The Bertz CT molecular complexity index is 886. The predicted octanol–water partition coefficient (Wildman–Crippen LogP) is 4.40. The smallest absolute Gasteiger partial charge is 0.224 e. The first-order chi connectivity index (χ1) is 14.1. The van der Waals surface area contributed by atoms with E-state index < -0.39 is 0 Å². The minimum Gasteiger partial charge on any atom is -0.496 e. The molecule has 1 saturated carbocycles. The van der Waals surface area contributed by atoms with Gasteiger partial charge in [-0.1, -0.05) is 17.7 Å². The number of methoxy groups -OCH3 is 1. The van der Waals surface area contributed by atoms with Gasteiger partial charge in [0.2, 0.25) is 5.91 Å². The highest BCUT2D eigenvalue weighted by Gasteiger charge is 2.39. The molecule has 1 aliphatic carbocycles. The number of aryl methyl sites for hydroxylation is 1.